The van der Waals surface area contributed by atoms with Crippen molar-refractivity contribution in [2.75, 3.05) is 0 Å². The maximum Gasteiger partial charge on any atom is 0.252 e. The van der Waals surface area contributed by atoms with Crippen molar-refractivity contribution in [2.24, 2.45) is 0 Å². The maximum atomic E-state index is 13.4. The van der Waals surface area contributed by atoms with Gasteiger partial charge in [0.15, 0.2) is 0 Å². The molecule has 0 spiro atoms. The molecular weight excluding hydrogens is 621 g/mol. The van der Waals surface area contributed by atoms with E-state index in [-0.39, 0.29) is 23.9 Å². The van der Waals surface area contributed by atoms with Crippen LogP contribution in [0.25, 0.3) is 45.0 Å². The van der Waals surface area contributed by atoms with Crippen LogP contribution >= 0.6 is 0 Å². The monoisotopic (exact) mass is 656 g/mol. The van der Waals surface area contributed by atoms with E-state index in [1.54, 1.807) is 0 Å². The minimum Gasteiger partial charge on any atom is -0.345 e. The number of nitrogens with zero attached hydrogens (tertiary/aromatic N) is 2. The zero-order chi connectivity index (χ0) is 34.5. The number of aromatic amines is 2. The minimum absolute atomic E-state index is 0.145. The molecule has 2 amide bonds. The van der Waals surface area contributed by atoms with E-state index < -0.39 is 0 Å². The second kappa shape index (κ2) is 14.3. The quantitative estimate of drug-likeness (QED) is 0.118. The molecule has 0 aliphatic carbocycles. The number of rotatable bonds is 10. The maximum absolute atomic E-state index is 13.4. The summed E-state index contributed by atoms with van der Waals surface area (Å²) >= 11 is 0. The Bertz CT molecular complexity index is 2100. The van der Waals surface area contributed by atoms with Crippen LogP contribution in [-0.4, -0.2) is 32.2 Å². The minimum atomic E-state index is -0.158. The molecule has 0 radical (unpaired) electrons. The van der Waals surface area contributed by atoms with Crippen molar-refractivity contribution in [1.29, 1.82) is 0 Å². The largest absolute Gasteiger partial charge is 0.345 e. The molecule has 8 heteroatoms. The number of aromatic nitrogens is 4. The van der Waals surface area contributed by atoms with Crippen LogP contribution in [0.5, 0.6) is 0 Å². The van der Waals surface area contributed by atoms with E-state index >= 15 is 0 Å². The Hall–Kier alpha value is -6.54. The lowest BCUT2D eigenvalue weighted by Gasteiger charge is -2.15. The molecule has 0 saturated heterocycles. The Morgan fingerprint density at radius 1 is 0.500 bits per heavy atom. The van der Waals surface area contributed by atoms with Crippen molar-refractivity contribution in [2.45, 2.75) is 25.9 Å². The van der Waals surface area contributed by atoms with Crippen LogP contribution < -0.4 is 10.6 Å². The lowest BCUT2D eigenvalue weighted by atomic mass is 10.0. The van der Waals surface area contributed by atoms with Crippen molar-refractivity contribution in [3.63, 3.8) is 0 Å². The van der Waals surface area contributed by atoms with Gasteiger partial charge in [-0.15, -0.1) is 0 Å². The van der Waals surface area contributed by atoms with Gasteiger partial charge in [-0.25, -0.2) is 0 Å². The molecule has 246 valence electrons. The molecule has 0 bridgehead atoms. The van der Waals surface area contributed by atoms with Crippen LogP contribution in [0.15, 0.2) is 146 Å². The first-order valence-electron chi connectivity index (χ1n) is 16.6. The van der Waals surface area contributed by atoms with Crippen LogP contribution in [0.2, 0.25) is 0 Å². The molecule has 0 aliphatic heterocycles. The van der Waals surface area contributed by atoms with Gasteiger partial charge in [-0.2, -0.15) is 10.2 Å². The Balaban J connectivity index is 1.10. The molecule has 5 aromatic carbocycles. The van der Waals surface area contributed by atoms with Crippen molar-refractivity contribution < 1.29 is 9.59 Å². The predicted molar refractivity (Wildman–Crippen MR) is 197 cm³/mol. The first-order chi connectivity index (χ1) is 24.4. The van der Waals surface area contributed by atoms with Crippen LogP contribution in [0.1, 0.15) is 57.8 Å². The van der Waals surface area contributed by atoms with E-state index in [2.05, 4.69) is 31.0 Å². The summed E-state index contributed by atoms with van der Waals surface area (Å²) in [6.45, 7) is 3.95. The van der Waals surface area contributed by atoms with Crippen molar-refractivity contribution in [3.8, 4) is 45.0 Å². The highest BCUT2D eigenvalue weighted by Gasteiger charge is 2.19. The third kappa shape index (κ3) is 6.86. The third-order valence-corrected chi connectivity index (χ3v) is 8.83. The number of carbonyl (C=O) groups is 2. The van der Waals surface area contributed by atoms with Gasteiger partial charge in [-0.1, -0.05) is 115 Å². The Morgan fingerprint density at radius 3 is 1.34 bits per heavy atom. The molecule has 2 heterocycles. The summed E-state index contributed by atoms with van der Waals surface area (Å²) in [6.07, 6.45) is 0. The number of hydrogen-bond donors (Lipinski definition) is 4. The molecule has 0 fully saturated rings. The number of carbonyl (C=O) groups excluding carboxylic acids is 2. The lowest BCUT2D eigenvalue weighted by molar-refractivity contribution is 0.0932. The van der Waals surface area contributed by atoms with Gasteiger partial charge >= 0.3 is 0 Å². The van der Waals surface area contributed by atoms with E-state index in [9.17, 15) is 9.59 Å². The first-order valence-corrected chi connectivity index (χ1v) is 16.6. The molecule has 50 heavy (non-hydrogen) atoms. The van der Waals surface area contributed by atoms with Crippen LogP contribution in [0.4, 0.5) is 0 Å². The molecule has 4 N–H and O–H groups in total. The van der Waals surface area contributed by atoms with Gasteiger partial charge in [0.25, 0.3) is 11.8 Å². The fourth-order valence-corrected chi connectivity index (χ4v) is 6.08. The van der Waals surface area contributed by atoms with Gasteiger partial charge in [-0.05, 0) is 55.3 Å². The third-order valence-electron chi connectivity index (χ3n) is 8.83. The van der Waals surface area contributed by atoms with Gasteiger partial charge in [0.2, 0.25) is 0 Å². The van der Waals surface area contributed by atoms with Gasteiger partial charge in [0, 0.05) is 33.4 Å². The van der Waals surface area contributed by atoms with E-state index in [1.807, 2.05) is 159 Å². The molecule has 7 aromatic rings. The predicted octanol–water partition coefficient (Wildman–Crippen LogP) is 8.78. The average Bonchev–Trinajstić information content (AvgIpc) is 3.87. The topological polar surface area (TPSA) is 116 Å². The van der Waals surface area contributed by atoms with Gasteiger partial charge < -0.3 is 10.6 Å². The highest BCUT2D eigenvalue weighted by Crippen LogP contribution is 2.31. The van der Waals surface area contributed by atoms with E-state index in [0.29, 0.717) is 11.1 Å². The van der Waals surface area contributed by atoms with E-state index in [1.165, 1.54) is 0 Å². The molecule has 2 aromatic heterocycles. The first kappa shape index (κ1) is 32.0. The summed E-state index contributed by atoms with van der Waals surface area (Å²) in [6, 6.07) is 46.4. The van der Waals surface area contributed by atoms with Crippen molar-refractivity contribution in [1.82, 2.24) is 31.0 Å². The lowest BCUT2D eigenvalue weighted by Crippen LogP contribution is -2.27. The van der Waals surface area contributed by atoms with Gasteiger partial charge in [0.05, 0.1) is 34.9 Å². The summed E-state index contributed by atoms with van der Waals surface area (Å²) in [5, 5.41) is 21.7. The number of amides is 2. The molecule has 7 rings (SSSR count). The molecule has 0 saturated carbocycles. The van der Waals surface area contributed by atoms with Gasteiger partial charge in [0.1, 0.15) is 0 Å². The second-order valence-electron chi connectivity index (χ2n) is 12.2. The molecule has 0 aliphatic rings. The zero-order valence-electron chi connectivity index (χ0n) is 27.7. The Morgan fingerprint density at radius 2 is 0.900 bits per heavy atom. The number of nitrogens with one attached hydrogen (secondary N) is 4. The zero-order valence-corrected chi connectivity index (χ0v) is 27.7. The van der Waals surface area contributed by atoms with Crippen LogP contribution in [0.3, 0.4) is 0 Å². The molecule has 2 atom stereocenters. The van der Waals surface area contributed by atoms with Crippen LogP contribution in [0, 0.1) is 0 Å². The van der Waals surface area contributed by atoms with E-state index in [4.69, 9.17) is 0 Å². The van der Waals surface area contributed by atoms with Crippen LogP contribution in [-0.2, 0) is 0 Å². The average molecular weight is 657 g/mol. The second-order valence-corrected chi connectivity index (χ2v) is 12.2. The highest BCUT2D eigenvalue weighted by molar-refractivity contribution is 6.01. The normalized spacial score (nSPS) is 12.2. The fourth-order valence-electron chi connectivity index (χ4n) is 6.08. The van der Waals surface area contributed by atoms with E-state index in [0.717, 1.165) is 56.2 Å². The molecule has 8 nitrogen and oxygen atoms in total. The summed E-state index contributed by atoms with van der Waals surface area (Å²) < 4.78 is 0. The van der Waals surface area contributed by atoms with Crippen molar-refractivity contribution in [3.05, 3.63) is 168 Å². The highest BCUT2D eigenvalue weighted by atomic mass is 16.2. The SMILES string of the molecule is CC(NC(=O)c1ccccc1-c1cc(-c2cccc(-c3cc(-c4ccccc4C(=O)NC(C)c4ccccc4)[nH]n3)c2)n[nH]1)c1ccccc1. The molecule has 2 unspecified atom stereocenters. The van der Waals surface area contributed by atoms with Crippen molar-refractivity contribution >= 4 is 11.8 Å². The summed E-state index contributed by atoms with van der Waals surface area (Å²) in [7, 11) is 0. The Kier molecular flexibility index (Phi) is 9.16. The summed E-state index contributed by atoms with van der Waals surface area (Å²) in [5.41, 5.74) is 9.45. The molecular formula is C42H36N6O2. The standard InChI is InChI=1S/C42H36N6O2/c1-27(29-14-5-3-6-15-29)43-41(49)35-22-11-9-20-33(35)39-25-37(45-47-39)31-18-13-19-32(24-31)38-26-40(48-46-38)34-21-10-12-23-36(34)42(50)44-28(2)30-16-7-4-8-17-30/h3-28H,1-2H3,(H,43,49)(H,44,50)(H,45,47)(H,46,48). The number of H-pyrrole nitrogens is 2. The Labute approximate surface area is 290 Å². The van der Waals surface area contributed by atoms with Gasteiger partial charge in [-0.3, -0.25) is 19.8 Å². The summed E-state index contributed by atoms with van der Waals surface area (Å²) in [4.78, 5) is 26.8. The fraction of sp³-hybridized carbons (Fsp3) is 0.0952. The smallest absolute Gasteiger partial charge is 0.252 e. The summed E-state index contributed by atoms with van der Waals surface area (Å²) in [5.74, 6) is -0.316. The number of benzene rings is 5. The number of hydrogen-bond acceptors (Lipinski definition) is 4.